The van der Waals surface area contributed by atoms with E-state index in [2.05, 4.69) is 5.32 Å². The van der Waals surface area contributed by atoms with E-state index in [4.69, 9.17) is 23.2 Å². The Balaban J connectivity index is 1.76. The van der Waals surface area contributed by atoms with Gasteiger partial charge in [0.15, 0.2) is 0 Å². The van der Waals surface area contributed by atoms with Crippen LogP contribution in [0.15, 0.2) is 66.7 Å². The number of para-hydroxylation sites is 1. The van der Waals surface area contributed by atoms with Crippen LogP contribution in [0.1, 0.15) is 21.5 Å². The van der Waals surface area contributed by atoms with E-state index in [1.54, 1.807) is 48.5 Å². The summed E-state index contributed by atoms with van der Waals surface area (Å²) in [5.74, 6) is -0.973. The molecule has 0 aromatic heterocycles. The Hall–Kier alpha value is -2.65. The van der Waals surface area contributed by atoms with Gasteiger partial charge in [0.05, 0.1) is 12.2 Å². The van der Waals surface area contributed by atoms with Crippen molar-refractivity contribution < 1.29 is 17.6 Å². The molecule has 0 heterocycles. The molecular weight excluding hydrogens is 488 g/mol. The van der Waals surface area contributed by atoms with Crippen LogP contribution in [0.5, 0.6) is 0 Å². The zero-order chi connectivity index (χ0) is 24.2. The van der Waals surface area contributed by atoms with Crippen LogP contribution >= 0.6 is 23.2 Å². The third-order valence-electron chi connectivity index (χ3n) is 4.86. The van der Waals surface area contributed by atoms with Gasteiger partial charge in [-0.25, -0.2) is 4.39 Å². The van der Waals surface area contributed by atoms with E-state index < -0.39 is 16.0 Å². The molecule has 0 aliphatic rings. The van der Waals surface area contributed by atoms with Gasteiger partial charge in [0.1, 0.15) is 5.82 Å². The summed E-state index contributed by atoms with van der Waals surface area (Å²) in [6, 6.07) is 17.1. The Kier molecular flexibility index (Phi) is 7.97. The van der Waals surface area contributed by atoms with E-state index in [0.717, 1.165) is 14.2 Å². The summed E-state index contributed by atoms with van der Waals surface area (Å²) in [7, 11) is -1.20. The molecule has 174 valence electrons. The van der Waals surface area contributed by atoms with Crippen LogP contribution in [0.3, 0.4) is 0 Å². The number of nitrogens with one attached hydrogen (secondary N) is 1. The quantitative estimate of drug-likeness (QED) is 0.470. The lowest BCUT2D eigenvalue weighted by molar-refractivity contribution is 0.0951. The van der Waals surface area contributed by atoms with E-state index in [-0.39, 0.29) is 24.7 Å². The summed E-state index contributed by atoms with van der Waals surface area (Å²) in [6.07, 6.45) is 0. The van der Waals surface area contributed by atoms with Crippen LogP contribution in [0.4, 0.5) is 10.1 Å². The van der Waals surface area contributed by atoms with E-state index in [1.165, 1.54) is 32.3 Å². The third-order valence-corrected chi connectivity index (χ3v) is 7.25. The lowest BCUT2D eigenvalue weighted by atomic mass is 10.1. The minimum absolute atomic E-state index is 0.0622. The first-order valence-corrected chi connectivity index (χ1v) is 12.0. The summed E-state index contributed by atoms with van der Waals surface area (Å²) < 4.78 is 42.1. The van der Waals surface area contributed by atoms with E-state index in [9.17, 15) is 17.6 Å². The van der Waals surface area contributed by atoms with Gasteiger partial charge in [-0.15, -0.1) is 0 Å². The molecule has 0 bridgehead atoms. The molecular formula is C23H22Cl2FN3O3S. The van der Waals surface area contributed by atoms with Crippen molar-refractivity contribution in [3.63, 3.8) is 0 Å². The Labute approximate surface area is 202 Å². The van der Waals surface area contributed by atoms with Gasteiger partial charge >= 0.3 is 10.2 Å². The van der Waals surface area contributed by atoms with Crippen LogP contribution in [0.25, 0.3) is 0 Å². The van der Waals surface area contributed by atoms with Gasteiger partial charge < -0.3 is 5.32 Å². The van der Waals surface area contributed by atoms with Gasteiger partial charge in [-0.3, -0.25) is 9.10 Å². The largest absolute Gasteiger partial charge is 0.348 e. The monoisotopic (exact) mass is 509 g/mol. The average molecular weight is 510 g/mol. The zero-order valence-corrected chi connectivity index (χ0v) is 20.3. The van der Waals surface area contributed by atoms with Crippen molar-refractivity contribution in [2.45, 2.75) is 13.1 Å². The molecule has 1 N–H and O–H groups in total. The van der Waals surface area contributed by atoms with Gasteiger partial charge in [-0.1, -0.05) is 53.5 Å². The number of hydrogen-bond donors (Lipinski definition) is 1. The summed E-state index contributed by atoms with van der Waals surface area (Å²) >= 11 is 12.0. The topological polar surface area (TPSA) is 69.7 Å². The van der Waals surface area contributed by atoms with E-state index >= 15 is 0 Å². The lowest BCUT2D eigenvalue weighted by Gasteiger charge is -2.27. The maximum Gasteiger partial charge on any atom is 0.303 e. The van der Waals surface area contributed by atoms with Crippen LogP contribution in [-0.2, 0) is 23.3 Å². The fourth-order valence-electron chi connectivity index (χ4n) is 3.01. The number of hydrogen-bond acceptors (Lipinski definition) is 3. The highest BCUT2D eigenvalue weighted by Crippen LogP contribution is 2.25. The fourth-order valence-corrected chi connectivity index (χ4v) is 4.59. The molecule has 0 saturated carbocycles. The maximum atomic E-state index is 14.4. The minimum Gasteiger partial charge on any atom is -0.348 e. The van der Waals surface area contributed by atoms with Crippen molar-refractivity contribution in [1.82, 2.24) is 9.62 Å². The number of rotatable bonds is 8. The second-order valence-corrected chi connectivity index (χ2v) is 10.3. The van der Waals surface area contributed by atoms with Crippen molar-refractivity contribution in [2.24, 2.45) is 0 Å². The molecule has 3 aromatic rings. The van der Waals surface area contributed by atoms with Crippen LogP contribution in [0.2, 0.25) is 10.0 Å². The van der Waals surface area contributed by atoms with Gasteiger partial charge in [-0.2, -0.15) is 12.7 Å². The number of carbonyl (C=O) groups excluding carboxylic acids is 1. The highest BCUT2D eigenvalue weighted by atomic mass is 35.5. The van der Waals surface area contributed by atoms with Gasteiger partial charge in [-0.05, 0) is 47.5 Å². The maximum absolute atomic E-state index is 14.4. The molecule has 0 aliphatic carbocycles. The number of benzene rings is 3. The lowest BCUT2D eigenvalue weighted by Crippen LogP contribution is -2.40. The number of nitrogens with zero attached hydrogens (tertiary/aromatic N) is 2. The van der Waals surface area contributed by atoms with Gasteiger partial charge in [0, 0.05) is 36.2 Å². The number of halogens is 3. The molecule has 0 spiro atoms. The predicted molar refractivity (Wildman–Crippen MR) is 129 cm³/mol. The SMILES string of the molecule is CN(C)S(=O)(=O)N(Cc1ccc(C(=O)NCc2ccc(Cl)cc2Cl)cc1)c1ccccc1F. The van der Waals surface area contributed by atoms with Crippen LogP contribution < -0.4 is 9.62 Å². The summed E-state index contributed by atoms with van der Waals surface area (Å²) in [5, 5.41) is 3.74. The standard InChI is InChI=1S/C23H22Cl2FN3O3S/c1-28(2)33(31,32)29(22-6-4-3-5-21(22)26)15-16-7-9-17(10-8-16)23(30)27-14-18-11-12-19(24)13-20(18)25/h3-13H,14-15H2,1-2H3,(H,27,30). The van der Waals surface area contributed by atoms with E-state index in [1.807, 2.05) is 0 Å². The van der Waals surface area contributed by atoms with Crippen LogP contribution in [0, 0.1) is 5.82 Å². The second kappa shape index (κ2) is 10.5. The number of amides is 1. The predicted octanol–water partition coefficient (Wildman–Crippen LogP) is 4.88. The second-order valence-electron chi connectivity index (χ2n) is 7.36. The molecule has 1 amide bonds. The smallest absolute Gasteiger partial charge is 0.303 e. The zero-order valence-electron chi connectivity index (χ0n) is 17.9. The summed E-state index contributed by atoms with van der Waals surface area (Å²) in [5.41, 5.74) is 1.63. The third kappa shape index (κ3) is 6.03. The van der Waals surface area contributed by atoms with Crippen molar-refractivity contribution >= 4 is 45.0 Å². The van der Waals surface area contributed by atoms with Crippen molar-refractivity contribution in [2.75, 3.05) is 18.4 Å². The molecule has 10 heteroatoms. The Morgan fingerprint density at radius 2 is 1.67 bits per heavy atom. The molecule has 3 rings (SSSR count). The molecule has 0 atom stereocenters. The Morgan fingerprint density at radius 3 is 2.27 bits per heavy atom. The van der Waals surface area contributed by atoms with Crippen molar-refractivity contribution in [1.29, 1.82) is 0 Å². The summed E-state index contributed by atoms with van der Waals surface area (Å²) in [4.78, 5) is 12.5. The first-order chi connectivity index (χ1) is 15.6. The number of carbonyl (C=O) groups is 1. The average Bonchev–Trinajstić information content (AvgIpc) is 2.77. The van der Waals surface area contributed by atoms with Gasteiger partial charge in [0.25, 0.3) is 5.91 Å². The Morgan fingerprint density at radius 1 is 1.00 bits per heavy atom. The molecule has 6 nitrogen and oxygen atoms in total. The van der Waals surface area contributed by atoms with Crippen molar-refractivity contribution in [3.05, 3.63) is 99.3 Å². The van der Waals surface area contributed by atoms with Crippen LogP contribution in [-0.4, -0.2) is 32.7 Å². The molecule has 0 radical (unpaired) electrons. The number of anilines is 1. The first kappa shape index (κ1) is 25.0. The Bertz CT molecular complexity index is 1250. The van der Waals surface area contributed by atoms with Crippen molar-refractivity contribution in [3.8, 4) is 0 Å². The van der Waals surface area contributed by atoms with E-state index in [0.29, 0.717) is 21.2 Å². The first-order valence-electron chi connectivity index (χ1n) is 9.85. The fraction of sp³-hybridized carbons (Fsp3) is 0.174. The molecule has 0 aliphatic heterocycles. The molecule has 0 saturated heterocycles. The molecule has 0 unspecified atom stereocenters. The molecule has 33 heavy (non-hydrogen) atoms. The minimum atomic E-state index is -3.96. The highest BCUT2D eigenvalue weighted by Gasteiger charge is 2.27. The normalized spacial score (nSPS) is 11.5. The summed E-state index contributed by atoms with van der Waals surface area (Å²) in [6.45, 7) is 0.114. The highest BCUT2D eigenvalue weighted by molar-refractivity contribution is 7.90. The van der Waals surface area contributed by atoms with Gasteiger partial charge in [0.2, 0.25) is 0 Å². The molecule has 3 aromatic carbocycles. The molecule has 0 fully saturated rings.